The topological polar surface area (TPSA) is 87.2 Å². The van der Waals surface area contributed by atoms with Gasteiger partial charge >= 0.3 is 5.97 Å². The summed E-state index contributed by atoms with van der Waals surface area (Å²) < 4.78 is 31.1. The Labute approximate surface area is 173 Å². The van der Waals surface area contributed by atoms with Crippen molar-refractivity contribution in [1.29, 1.82) is 0 Å². The number of rotatable bonds is 8. The average molecular weight is 426 g/mol. The van der Waals surface area contributed by atoms with Crippen molar-refractivity contribution in [2.75, 3.05) is 52.3 Å². The molecule has 1 amide bonds. The van der Waals surface area contributed by atoms with Crippen LogP contribution in [0.5, 0.6) is 0 Å². The van der Waals surface area contributed by atoms with Crippen molar-refractivity contribution in [3.05, 3.63) is 23.8 Å². The van der Waals surface area contributed by atoms with Gasteiger partial charge in [0.1, 0.15) is 0 Å². The van der Waals surface area contributed by atoms with Crippen LogP contribution in [0.15, 0.2) is 23.1 Å². The van der Waals surface area contributed by atoms with Crippen LogP contribution in [-0.4, -0.2) is 76.9 Å². The molecule has 29 heavy (non-hydrogen) atoms. The molecule has 162 valence electrons. The molecule has 1 heterocycles. The molecule has 0 N–H and O–H groups in total. The smallest absolute Gasteiger partial charge is 0.310 e. The van der Waals surface area contributed by atoms with Crippen LogP contribution < -0.4 is 4.90 Å². The highest BCUT2D eigenvalue weighted by Gasteiger charge is 2.28. The molecule has 1 atom stereocenters. The van der Waals surface area contributed by atoms with Gasteiger partial charge in [0.05, 0.1) is 23.5 Å². The van der Waals surface area contributed by atoms with Gasteiger partial charge < -0.3 is 14.5 Å². The third kappa shape index (κ3) is 5.08. The molecular weight excluding hydrogens is 394 g/mol. The molecule has 0 aliphatic carbocycles. The number of carbonyl (C=O) groups excluding carboxylic acids is 2. The number of carbonyl (C=O) groups is 2. The fraction of sp³-hybridized carbons (Fsp3) is 0.600. The zero-order valence-corrected chi connectivity index (χ0v) is 18.7. The van der Waals surface area contributed by atoms with Crippen molar-refractivity contribution in [2.24, 2.45) is 5.92 Å². The Bertz CT molecular complexity index is 848. The largest absolute Gasteiger partial charge is 0.469 e. The summed E-state index contributed by atoms with van der Waals surface area (Å²) in [5, 5.41) is 0. The minimum atomic E-state index is -3.68. The number of anilines is 1. The molecule has 0 spiro atoms. The lowest BCUT2D eigenvalue weighted by Gasteiger charge is -2.27. The molecule has 2 rings (SSSR count). The molecule has 0 radical (unpaired) electrons. The van der Waals surface area contributed by atoms with Crippen molar-refractivity contribution >= 4 is 27.6 Å². The van der Waals surface area contributed by atoms with Crippen molar-refractivity contribution in [2.45, 2.75) is 31.6 Å². The molecule has 1 unspecified atom stereocenters. The van der Waals surface area contributed by atoms with E-state index in [1.807, 2.05) is 6.92 Å². The number of methoxy groups -OCH3 is 1. The highest BCUT2D eigenvalue weighted by atomic mass is 32.2. The molecule has 1 aliphatic rings. The number of ether oxygens (including phenoxy) is 1. The lowest BCUT2D eigenvalue weighted by atomic mass is 10.1. The number of benzene rings is 1. The van der Waals surface area contributed by atoms with E-state index in [-0.39, 0.29) is 23.3 Å². The van der Waals surface area contributed by atoms with Crippen LogP contribution in [0, 0.1) is 5.92 Å². The first-order valence-corrected chi connectivity index (χ1v) is 11.3. The van der Waals surface area contributed by atoms with Crippen molar-refractivity contribution in [3.63, 3.8) is 0 Å². The second-order valence-corrected chi connectivity index (χ2v) is 9.58. The van der Waals surface area contributed by atoms with Gasteiger partial charge in [-0.25, -0.2) is 12.7 Å². The predicted octanol–water partition coefficient (Wildman–Crippen LogP) is 1.81. The molecule has 0 aromatic heterocycles. The lowest BCUT2D eigenvalue weighted by Crippen LogP contribution is -2.38. The maximum atomic E-state index is 13.4. The molecule has 1 saturated heterocycles. The van der Waals surface area contributed by atoms with Gasteiger partial charge in [0, 0.05) is 46.0 Å². The molecule has 1 fully saturated rings. The van der Waals surface area contributed by atoms with Crippen LogP contribution in [0.2, 0.25) is 0 Å². The first kappa shape index (κ1) is 23.2. The first-order valence-electron chi connectivity index (χ1n) is 9.82. The highest BCUT2D eigenvalue weighted by Crippen LogP contribution is 2.29. The van der Waals surface area contributed by atoms with Gasteiger partial charge in [0.2, 0.25) is 10.0 Å². The monoisotopic (exact) mass is 425 g/mol. The van der Waals surface area contributed by atoms with Crippen LogP contribution in [0.3, 0.4) is 0 Å². The Hall–Kier alpha value is -2.13. The van der Waals surface area contributed by atoms with Gasteiger partial charge in [-0.05, 0) is 38.0 Å². The fourth-order valence-electron chi connectivity index (χ4n) is 3.42. The van der Waals surface area contributed by atoms with Crippen LogP contribution in [0.4, 0.5) is 5.69 Å². The zero-order valence-electron chi connectivity index (χ0n) is 17.8. The molecule has 0 saturated carbocycles. The summed E-state index contributed by atoms with van der Waals surface area (Å²) in [5.74, 6) is -1.16. The standard InChI is InChI=1S/C20H31N3O5S/c1-6-22(14-15(2)20(25)28-5)19(24)17-13-16(29(26,27)21(3)4)9-10-18(17)23-11-7-8-12-23/h9-10,13,15H,6-8,11-12,14H2,1-5H3. The highest BCUT2D eigenvalue weighted by molar-refractivity contribution is 7.89. The van der Waals surface area contributed by atoms with E-state index in [2.05, 4.69) is 4.90 Å². The van der Waals surface area contributed by atoms with E-state index in [9.17, 15) is 18.0 Å². The minimum Gasteiger partial charge on any atom is -0.469 e. The number of hydrogen-bond acceptors (Lipinski definition) is 6. The van der Waals surface area contributed by atoms with E-state index >= 15 is 0 Å². The van der Waals surface area contributed by atoms with Crippen LogP contribution in [0.25, 0.3) is 0 Å². The Balaban J connectivity index is 2.47. The Morgan fingerprint density at radius 1 is 1.21 bits per heavy atom. The Kier molecular flexibility index (Phi) is 7.65. The van der Waals surface area contributed by atoms with Crippen molar-refractivity contribution in [3.8, 4) is 0 Å². The molecule has 1 aliphatic heterocycles. The van der Waals surface area contributed by atoms with E-state index in [0.29, 0.717) is 12.1 Å². The third-order valence-electron chi connectivity index (χ3n) is 5.19. The van der Waals surface area contributed by atoms with Crippen LogP contribution in [0.1, 0.15) is 37.0 Å². The van der Waals surface area contributed by atoms with E-state index < -0.39 is 15.9 Å². The molecule has 8 nitrogen and oxygen atoms in total. The molecule has 1 aromatic rings. The van der Waals surface area contributed by atoms with Gasteiger partial charge in [-0.2, -0.15) is 0 Å². The third-order valence-corrected chi connectivity index (χ3v) is 7.00. The van der Waals surface area contributed by atoms with Gasteiger partial charge in [0.25, 0.3) is 5.91 Å². The fourth-order valence-corrected chi connectivity index (χ4v) is 4.35. The van der Waals surface area contributed by atoms with E-state index in [0.717, 1.165) is 35.9 Å². The van der Waals surface area contributed by atoms with Gasteiger partial charge in [0.15, 0.2) is 0 Å². The summed E-state index contributed by atoms with van der Waals surface area (Å²) in [6.07, 6.45) is 2.06. The van der Waals surface area contributed by atoms with Crippen molar-refractivity contribution < 1.29 is 22.7 Å². The maximum Gasteiger partial charge on any atom is 0.310 e. The van der Waals surface area contributed by atoms with Crippen molar-refractivity contribution in [1.82, 2.24) is 9.21 Å². The van der Waals surface area contributed by atoms with Gasteiger partial charge in [-0.1, -0.05) is 6.92 Å². The number of hydrogen-bond donors (Lipinski definition) is 0. The molecular formula is C20H31N3O5S. The number of sulfonamides is 1. The Morgan fingerprint density at radius 2 is 1.83 bits per heavy atom. The van der Waals surface area contributed by atoms with Gasteiger partial charge in [-0.3, -0.25) is 9.59 Å². The SMILES string of the molecule is CCN(CC(C)C(=O)OC)C(=O)c1cc(S(=O)(=O)N(C)C)ccc1N1CCCC1. The van der Waals surface area contributed by atoms with E-state index in [4.69, 9.17) is 4.74 Å². The van der Waals surface area contributed by atoms with Crippen LogP contribution in [-0.2, 0) is 19.6 Å². The predicted molar refractivity (Wildman–Crippen MR) is 112 cm³/mol. The summed E-state index contributed by atoms with van der Waals surface area (Å²) in [7, 11) is 0.561. The number of esters is 1. The van der Waals surface area contributed by atoms with E-state index in [1.165, 1.54) is 27.3 Å². The first-order chi connectivity index (χ1) is 13.6. The number of amides is 1. The van der Waals surface area contributed by atoms with Gasteiger partial charge in [-0.15, -0.1) is 0 Å². The summed E-state index contributed by atoms with van der Waals surface area (Å²) in [6.45, 7) is 5.78. The normalized spacial score (nSPS) is 15.4. The minimum absolute atomic E-state index is 0.0749. The Morgan fingerprint density at radius 3 is 2.34 bits per heavy atom. The van der Waals surface area contributed by atoms with Crippen LogP contribution >= 0.6 is 0 Å². The molecule has 9 heteroatoms. The number of nitrogens with zero attached hydrogens (tertiary/aromatic N) is 3. The summed E-state index contributed by atoms with van der Waals surface area (Å²) >= 11 is 0. The summed E-state index contributed by atoms with van der Waals surface area (Å²) in [5.41, 5.74) is 1.07. The lowest BCUT2D eigenvalue weighted by molar-refractivity contribution is -0.145. The second-order valence-electron chi connectivity index (χ2n) is 7.43. The average Bonchev–Trinajstić information content (AvgIpc) is 3.24. The quantitative estimate of drug-likeness (QED) is 0.591. The zero-order chi connectivity index (χ0) is 21.8. The second kappa shape index (κ2) is 9.58. The maximum absolute atomic E-state index is 13.4. The summed E-state index contributed by atoms with van der Waals surface area (Å²) in [6, 6.07) is 4.72. The molecule has 0 bridgehead atoms. The molecule has 1 aromatic carbocycles. The van der Waals surface area contributed by atoms with E-state index in [1.54, 1.807) is 24.0 Å². The summed E-state index contributed by atoms with van der Waals surface area (Å²) in [4.78, 5) is 28.9.